The van der Waals surface area contributed by atoms with Gasteiger partial charge in [0.15, 0.2) is 11.5 Å². The summed E-state index contributed by atoms with van der Waals surface area (Å²) in [5, 5.41) is 11.9. The number of nitrogens with one attached hydrogen (secondary N) is 1. The van der Waals surface area contributed by atoms with Crippen molar-refractivity contribution in [1.29, 1.82) is 0 Å². The third-order valence-electron chi connectivity index (χ3n) is 4.53. The number of carboxylic acid groups (broad SMARTS) is 1. The molecule has 0 aliphatic rings. The van der Waals surface area contributed by atoms with E-state index >= 15 is 0 Å². The van der Waals surface area contributed by atoms with Crippen LogP contribution in [-0.2, 0) is 11.4 Å². The fourth-order valence-corrected chi connectivity index (χ4v) is 2.84. The quantitative estimate of drug-likeness (QED) is 0.530. The van der Waals surface area contributed by atoms with Crippen LogP contribution >= 0.6 is 0 Å². The van der Waals surface area contributed by atoms with E-state index in [2.05, 4.69) is 5.32 Å². The van der Waals surface area contributed by atoms with Gasteiger partial charge in [-0.1, -0.05) is 54.1 Å². The zero-order valence-corrected chi connectivity index (χ0v) is 17.3. The van der Waals surface area contributed by atoms with Crippen LogP contribution in [0.1, 0.15) is 27.0 Å². The number of hydrogen-bond donors (Lipinski definition) is 2. The van der Waals surface area contributed by atoms with E-state index in [0.717, 1.165) is 5.56 Å². The topological polar surface area (TPSA) is 84.9 Å². The maximum absolute atomic E-state index is 12.3. The zero-order chi connectivity index (χ0) is 22.2. The molecule has 0 aromatic heterocycles. The van der Waals surface area contributed by atoms with Crippen molar-refractivity contribution in [2.24, 2.45) is 0 Å². The summed E-state index contributed by atoms with van der Waals surface area (Å²) >= 11 is 0. The first-order valence-corrected chi connectivity index (χ1v) is 9.64. The molecule has 31 heavy (non-hydrogen) atoms. The van der Waals surface area contributed by atoms with Gasteiger partial charge in [0.25, 0.3) is 5.91 Å². The number of carbonyl (C=O) groups excluding carboxylic acids is 1. The second kappa shape index (κ2) is 10.1. The largest absolute Gasteiger partial charge is 0.493 e. The molecule has 6 nitrogen and oxygen atoms in total. The van der Waals surface area contributed by atoms with Crippen LogP contribution in [0.4, 0.5) is 0 Å². The van der Waals surface area contributed by atoms with Gasteiger partial charge in [0.2, 0.25) is 0 Å². The number of methoxy groups -OCH3 is 1. The van der Waals surface area contributed by atoms with Crippen LogP contribution in [0.5, 0.6) is 11.5 Å². The molecule has 0 atom stereocenters. The number of carboxylic acids is 1. The number of benzene rings is 3. The van der Waals surface area contributed by atoms with E-state index in [1.165, 1.54) is 18.7 Å². The van der Waals surface area contributed by atoms with Gasteiger partial charge < -0.3 is 19.9 Å². The Bertz CT molecular complexity index is 1090. The van der Waals surface area contributed by atoms with Gasteiger partial charge >= 0.3 is 5.97 Å². The number of amides is 1. The number of aryl methyl sites for hydroxylation is 1. The van der Waals surface area contributed by atoms with Crippen molar-refractivity contribution in [1.82, 2.24) is 5.32 Å². The van der Waals surface area contributed by atoms with Crippen LogP contribution in [0.2, 0.25) is 0 Å². The summed E-state index contributed by atoms with van der Waals surface area (Å²) in [5.41, 5.74) is 2.86. The fraction of sp³-hybridized carbons (Fsp3) is 0.120. The molecule has 0 saturated carbocycles. The van der Waals surface area contributed by atoms with Gasteiger partial charge in [-0.05, 0) is 48.4 Å². The molecule has 3 aromatic rings. The lowest BCUT2D eigenvalue weighted by molar-refractivity contribution is -0.132. The van der Waals surface area contributed by atoms with E-state index in [9.17, 15) is 14.7 Å². The van der Waals surface area contributed by atoms with Crippen molar-refractivity contribution in [2.75, 3.05) is 7.11 Å². The smallest absolute Gasteiger partial charge is 0.352 e. The van der Waals surface area contributed by atoms with Gasteiger partial charge in [0, 0.05) is 5.56 Å². The summed E-state index contributed by atoms with van der Waals surface area (Å²) in [6.07, 6.45) is 1.37. The molecular formula is C25H23NO5. The average molecular weight is 417 g/mol. The van der Waals surface area contributed by atoms with E-state index < -0.39 is 11.9 Å². The molecule has 0 heterocycles. The number of carbonyl (C=O) groups is 2. The first-order valence-electron chi connectivity index (χ1n) is 9.64. The lowest BCUT2D eigenvalue weighted by Gasteiger charge is -2.12. The minimum absolute atomic E-state index is 0.246. The second-order valence-electron chi connectivity index (χ2n) is 6.87. The Labute approximate surface area is 180 Å². The molecule has 0 radical (unpaired) electrons. The monoisotopic (exact) mass is 417 g/mol. The van der Waals surface area contributed by atoms with Crippen LogP contribution in [0.25, 0.3) is 6.08 Å². The molecule has 0 aliphatic heterocycles. The van der Waals surface area contributed by atoms with E-state index in [-0.39, 0.29) is 5.70 Å². The maximum Gasteiger partial charge on any atom is 0.352 e. The Morgan fingerprint density at radius 3 is 2.32 bits per heavy atom. The summed E-state index contributed by atoms with van der Waals surface area (Å²) < 4.78 is 11.2. The molecule has 0 fully saturated rings. The Morgan fingerprint density at radius 1 is 0.968 bits per heavy atom. The fourth-order valence-electron chi connectivity index (χ4n) is 2.84. The molecule has 0 saturated heterocycles. The molecule has 6 heteroatoms. The third kappa shape index (κ3) is 5.96. The van der Waals surface area contributed by atoms with Gasteiger partial charge in [0.1, 0.15) is 12.3 Å². The minimum Gasteiger partial charge on any atom is -0.493 e. The minimum atomic E-state index is -1.25. The summed E-state index contributed by atoms with van der Waals surface area (Å²) in [7, 11) is 1.51. The number of rotatable bonds is 8. The second-order valence-corrected chi connectivity index (χ2v) is 6.87. The molecule has 0 unspecified atom stereocenters. The highest BCUT2D eigenvalue weighted by atomic mass is 16.5. The molecule has 1 amide bonds. The van der Waals surface area contributed by atoms with Crippen molar-refractivity contribution >= 4 is 18.0 Å². The predicted molar refractivity (Wildman–Crippen MR) is 118 cm³/mol. The van der Waals surface area contributed by atoms with Crippen LogP contribution in [-0.4, -0.2) is 24.1 Å². The summed E-state index contributed by atoms with van der Waals surface area (Å²) in [4.78, 5) is 23.9. The van der Waals surface area contributed by atoms with Crippen molar-refractivity contribution < 1.29 is 24.2 Å². The molecule has 3 aromatic carbocycles. The highest BCUT2D eigenvalue weighted by molar-refractivity contribution is 6.02. The van der Waals surface area contributed by atoms with Crippen molar-refractivity contribution in [2.45, 2.75) is 13.5 Å². The Balaban J connectivity index is 1.77. The van der Waals surface area contributed by atoms with Crippen molar-refractivity contribution in [3.05, 3.63) is 101 Å². The molecule has 3 rings (SSSR count). The van der Waals surface area contributed by atoms with Gasteiger partial charge in [0.05, 0.1) is 7.11 Å². The number of aliphatic carboxylic acids is 1. The number of hydrogen-bond acceptors (Lipinski definition) is 4. The van der Waals surface area contributed by atoms with Crippen LogP contribution in [0.3, 0.4) is 0 Å². The highest BCUT2D eigenvalue weighted by Crippen LogP contribution is 2.29. The molecule has 0 aliphatic carbocycles. The standard InChI is InChI=1S/C25H23NO5/c1-17-8-10-18(11-9-17)16-31-22-13-12-19(15-23(22)30-2)14-21(25(28)29)26-24(27)20-6-4-3-5-7-20/h3-15H,16H2,1-2H3,(H,26,27)(H,28,29)/b21-14+. The first kappa shape index (κ1) is 21.6. The Hall–Kier alpha value is -4.06. The molecular weight excluding hydrogens is 394 g/mol. The lowest BCUT2D eigenvalue weighted by Crippen LogP contribution is -2.27. The van der Waals surface area contributed by atoms with Crippen molar-refractivity contribution in [3.63, 3.8) is 0 Å². The van der Waals surface area contributed by atoms with Crippen LogP contribution in [0, 0.1) is 6.92 Å². The van der Waals surface area contributed by atoms with Gasteiger partial charge in [-0.3, -0.25) is 4.79 Å². The summed E-state index contributed by atoms with van der Waals surface area (Å²) in [6.45, 7) is 2.40. The van der Waals surface area contributed by atoms with Gasteiger partial charge in [-0.15, -0.1) is 0 Å². The maximum atomic E-state index is 12.3. The molecule has 2 N–H and O–H groups in total. The molecule has 0 spiro atoms. The Kier molecular flexibility index (Phi) is 7.06. The van der Waals surface area contributed by atoms with E-state index in [1.807, 2.05) is 31.2 Å². The van der Waals surface area contributed by atoms with E-state index in [0.29, 0.717) is 29.2 Å². The van der Waals surface area contributed by atoms with E-state index in [4.69, 9.17) is 9.47 Å². The normalized spacial score (nSPS) is 11.0. The van der Waals surface area contributed by atoms with Crippen molar-refractivity contribution in [3.8, 4) is 11.5 Å². The average Bonchev–Trinajstić information content (AvgIpc) is 2.79. The predicted octanol–water partition coefficient (Wildman–Crippen LogP) is 4.44. The first-order chi connectivity index (χ1) is 15.0. The summed E-state index contributed by atoms with van der Waals surface area (Å²) in [6, 6.07) is 21.5. The van der Waals surface area contributed by atoms with Crippen LogP contribution < -0.4 is 14.8 Å². The SMILES string of the molecule is COc1cc(/C=C(/NC(=O)c2ccccc2)C(=O)O)ccc1OCc1ccc(C)cc1. The summed E-state index contributed by atoms with van der Waals surface area (Å²) in [5.74, 6) is -0.757. The third-order valence-corrected chi connectivity index (χ3v) is 4.53. The highest BCUT2D eigenvalue weighted by Gasteiger charge is 2.14. The number of ether oxygens (including phenoxy) is 2. The molecule has 158 valence electrons. The van der Waals surface area contributed by atoms with Gasteiger partial charge in [-0.25, -0.2) is 4.79 Å². The van der Waals surface area contributed by atoms with Crippen LogP contribution in [0.15, 0.2) is 78.5 Å². The zero-order valence-electron chi connectivity index (χ0n) is 17.3. The van der Waals surface area contributed by atoms with Gasteiger partial charge in [-0.2, -0.15) is 0 Å². The van der Waals surface area contributed by atoms with E-state index in [1.54, 1.807) is 48.5 Å². The lowest BCUT2D eigenvalue weighted by atomic mass is 10.1. The Morgan fingerprint density at radius 2 is 1.68 bits per heavy atom. The molecule has 0 bridgehead atoms.